The Bertz CT molecular complexity index is 767. The van der Waals surface area contributed by atoms with E-state index in [0.717, 1.165) is 0 Å². The molecule has 1 N–H and O–H groups in total. The van der Waals surface area contributed by atoms with Crippen molar-refractivity contribution >= 4 is 6.09 Å². The third-order valence-electron chi connectivity index (χ3n) is 3.02. The van der Waals surface area contributed by atoms with Crippen molar-refractivity contribution in [3.05, 3.63) is 30.2 Å². The number of pyridine rings is 1. The van der Waals surface area contributed by atoms with E-state index in [1.54, 1.807) is 40.0 Å². The van der Waals surface area contributed by atoms with Crippen LogP contribution in [0.1, 0.15) is 20.8 Å². The average molecular weight is 364 g/mol. The molecule has 0 aliphatic carbocycles. The number of carbonyl (C=O) groups excluding carboxylic acids is 1. The fraction of sp³-hybridized carbons (Fsp3) is 0.438. The highest BCUT2D eigenvalue weighted by atomic mass is 19.1. The van der Waals surface area contributed by atoms with Crippen molar-refractivity contribution in [2.45, 2.75) is 26.4 Å². The molecule has 2 rings (SSSR count). The first-order valence-corrected chi connectivity index (χ1v) is 7.85. The van der Waals surface area contributed by atoms with Gasteiger partial charge in [-0.05, 0) is 43.3 Å². The summed E-state index contributed by atoms with van der Waals surface area (Å²) in [5.41, 5.74) is 0.210. The van der Waals surface area contributed by atoms with Gasteiger partial charge in [-0.1, -0.05) is 0 Å². The number of alkyl carbamates (subject to hydrolysis) is 1. The molecule has 0 atom stereocenters. The molecule has 26 heavy (non-hydrogen) atoms. The molecule has 2 heterocycles. The molecule has 2 aromatic heterocycles. The molecule has 0 aromatic carbocycles. The Morgan fingerprint density at radius 1 is 1.38 bits per heavy atom. The van der Waals surface area contributed by atoms with Crippen molar-refractivity contribution in [1.29, 1.82) is 0 Å². The average Bonchev–Trinajstić information content (AvgIpc) is 3.00. The van der Waals surface area contributed by atoms with Crippen LogP contribution in [-0.2, 0) is 11.8 Å². The lowest BCUT2D eigenvalue weighted by Crippen LogP contribution is -2.34. The summed E-state index contributed by atoms with van der Waals surface area (Å²) in [4.78, 5) is 15.8. The number of halogens is 1. The van der Waals surface area contributed by atoms with Gasteiger partial charge in [-0.25, -0.2) is 18.9 Å². The van der Waals surface area contributed by atoms with E-state index in [-0.39, 0.29) is 18.7 Å². The van der Waals surface area contributed by atoms with Gasteiger partial charge < -0.3 is 14.8 Å². The zero-order chi connectivity index (χ0) is 19.2. The Hall–Kier alpha value is -3.04. The number of hydrogen-bond acceptors (Lipinski definition) is 7. The number of amides is 1. The Kier molecular flexibility index (Phi) is 6.21. The van der Waals surface area contributed by atoms with Crippen LogP contribution in [0.4, 0.5) is 9.18 Å². The number of nitrogens with one attached hydrogen (secondary N) is 1. The minimum absolute atomic E-state index is 0.0263. The predicted octanol–water partition coefficient (Wildman–Crippen LogP) is 2.03. The molecule has 0 saturated carbocycles. The van der Waals surface area contributed by atoms with E-state index in [4.69, 9.17) is 9.47 Å². The summed E-state index contributed by atoms with van der Waals surface area (Å²) in [7, 11) is 1.71. The zero-order valence-electron chi connectivity index (χ0n) is 15.1. The van der Waals surface area contributed by atoms with Gasteiger partial charge in [0.15, 0.2) is 5.82 Å². The summed E-state index contributed by atoms with van der Waals surface area (Å²) in [5, 5.41) is 13.6. The molecule has 0 radical (unpaired) electrons. The lowest BCUT2D eigenvalue weighted by atomic mass is 10.2. The van der Waals surface area contributed by atoms with Gasteiger partial charge in [0, 0.05) is 19.2 Å². The highest BCUT2D eigenvalue weighted by Gasteiger charge is 2.16. The molecule has 0 aliphatic heterocycles. The van der Waals surface area contributed by atoms with Gasteiger partial charge in [0.25, 0.3) is 0 Å². The SMILES string of the molecule is Cn1nnnc1-c1ccc(OC/C(=C/F)CNC(=O)OC(C)(C)C)cn1. The third-order valence-corrected chi connectivity index (χ3v) is 3.02. The summed E-state index contributed by atoms with van der Waals surface area (Å²) in [6.45, 7) is 5.17. The van der Waals surface area contributed by atoms with Gasteiger partial charge in [-0.2, -0.15) is 0 Å². The third kappa shape index (κ3) is 5.80. The summed E-state index contributed by atoms with van der Waals surface area (Å²) < 4.78 is 25.0. The van der Waals surface area contributed by atoms with E-state index in [9.17, 15) is 9.18 Å². The zero-order valence-corrected chi connectivity index (χ0v) is 15.1. The second-order valence-electron chi connectivity index (χ2n) is 6.42. The van der Waals surface area contributed by atoms with Crippen LogP contribution in [0.25, 0.3) is 11.5 Å². The number of aromatic nitrogens is 5. The summed E-state index contributed by atoms with van der Waals surface area (Å²) in [6, 6.07) is 3.37. The summed E-state index contributed by atoms with van der Waals surface area (Å²) in [6.07, 6.45) is 1.26. The standard InChI is InChI=1S/C16H21FN6O3/c1-16(2,3)26-15(24)19-8-11(7-17)10-25-12-5-6-13(18-9-12)14-20-21-22-23(14)4/h5-7,9H,8,10H2,1-4H3,(H,19,24)/b11-7+. The van der Waals surface area contributed by atoms with Gasteiger partial charge in [0.2, 0.25) is 0 Å². The molecular weight excluding hydrogens is 343 g/mol. The molecule has 9 nitrogen and oxygen atoms in total. The van der Waals surface area contributed by atoms with Crippen LogP contribution in [0.3, 0.4) is 0 Å². The molecule has 140 valence electrons. The maximum Gasteiger partial charge on any atom is 0.407 e. The number of nitrogens with zero attached hydrogens (tertiary/aromatic N) is 5. The smallest absolute Gasteiger partial charge is 0.407 e. The van der Waals surface area contributed by atoms with Gasteiger partial charge in [0.05, 0.1) is 12.5 Å². The van der Waals surface area contributed by atoms with Crippen LogP contribution in [-0.4, -0.2) is 50.0 Å². The Morgan fingerprint density at radius 3 is 2.69 bits per heavy atom. The second kappa shape index (κ2) is 8.37. The lowest BCUT2D eigenvalue weighted by molar-refractivity contribution is 0.0531. The van der Waals surface area contributed by atoms with Gasteiger partial charge in [0.1, 0.15) is 23.7 Å². The van der Waals surface area contributed by atoms with Crippen molar-refractivity contribution in [2.24, 2.45) is 7.05 Å². The van der Waals surface area contributed by atoms with Crippen molar-refractivity contribution in [1.82, 2.24) is 30.5 Å². The van der Waals surface area contributed by atoms with Crippen molar-refractivity contribution in [3.63, 3.8) is 0 Å². The van der Waals surface area contributed by atoms with Crippen LogP contribution in [0.15, 0.2) is 30.2 Å². The fourth-order valence-corrected chi connectivity index (χ4v) is 1.84. The van der Waals surface area contributed by atoms with Crippen LogP contribution >= 0.6 is 0 Å². The first kappa shape index (κ1) is 19.3. The molecule has 0 spiro atoms. The molecule has 2 aromatic rings. The van der Waals surface area contributed by atoms with E-state index in [2.05, 4.69) is 25.8 Å². The molecule has 1 amide bonds. The molecule has 0 fully saturated rings. The van der Waals surface area contributed by atoms with Crippen molar-refractivity contribution in [3.8, 4) is 17.3 Å². The first-order valence-electron chi connectivity index (χ1n) is 7.85. The number of hydrogen-bond donors (Lipinski definition) is 1. The van der Waals surface area contributed by atoms with E-state index in [1.165, 1.54) is 10.9 Å². The van der Waals surface area contributed by atoms with E-state index < -0.39 is 11.7 Å². The van der Waals surface area contributed by atoms with Crippen LogP contribution in [0.5, 0.6) is 5.75 Å². The number of tetrazole rings is 1. The van der Waals surface area contributed by atoms with Crippen LogP contribution in [0.2, 0.25) is 0 Å². The highest BCUT2D eigenvalue weighted by Crippen LogP contribution is 2.16. The summed E-state index contributed by atoms with van der Waals surface area (Å²) in [5.74, 6) is 0.961. The number of ether oxygens (including phenoxy) is 2. The number of aryl methyl sites for hydroxylation is 1. The number of carbonyl (C=O) groups is 1. The maximum atomic E-state index is 13.0. The minimum Gasteiger partial charge on any atom is -0.487 e. The monoisotopic (exact) mass is 364 g/mol. The van der Waals surface area contributed by atoms with E-state index in [0.29, 0.717) is 23.6 Å². The van der Waals surface area contributed by atoms with Gasteiger partial charge in [-0.15, -0.1) is 5.10 Å². The Balaban J connectivity index is 1.85. The Labute approximate surface area is 150 Å². The maximum absolute atomic E-state index is 13.0. The largest absolute Gasteiger partial charge is 0.487 e. The molecular formula is C16H21FN6O3. The number of rotatable bonds is 6. The van der Waals surface area contributed by atoms with E-state index >= 15 is 0 Å². The lowest BCUT2D eigenvalue weighted by Gasteiger charge is -2.20. The van der Waals surface area contributed by atoms with Gasteiger partial charge >= 0.3 is 6.09 Å². The quantitative estimate of drug-likeness (QED) is 0.836. The second-order valence-corrected chi connectivity index (χ2v) is 6.42. The molecule has 0 saturated heterocycles. The van der Waals surface area contributed by atoms with Crippen molar-refractivity contribution in [2.75, 3.05) is 13.2 Å². The first-order chi connectivity index (χ1) is 12.3. The normalized spacial score (nSPS) is 12.0. The predicted molar refractivity (Wildman–Crippen MR) is 91.0 cm³/mol. The highest BCUT2D eigenvalue weighted by molar-refractivity contribution is 5.68. The molecule has 0 aliphatic rings. The molecule has 0 unspecified atom stereocenters. The fourth-order valence-electron chi connectivity index (χ4n) is 1.84. The minimum atomic E-state index is -0.625. The topological polar surface area (TPSA) is 104 Å². The summed E-state index contributed by atoms with van der Waals surface area (Å²) >= 11 is 0. The van der Waals surface area contributed by atoms with Crippen LogP contribution < -0.4 is 10.1 Å². The van der Waals surface area contributed by atoms with Crippen LogP contribution in [0, 0.1) is 0 Å². The van der Waals surface area contributed by atoms with Crippen molar-refractivity contribution < 1.29 is 18.7 Å². The van der Waals surface area contributed by atoms with Gasteiger partial charge in [-0.3, -0.25) is 0 Å². The van der Waals surface area contributed by atoms with E-state index in [1.807, 2.05) is 0 Å². The Morgan fingerprint density at radius 2 is 2.15 bits per heavy atom. The molecule has 0 bridgehead atoms. The molecule has 10 heteroatoms.